The Morgan fingerprint density at radius 3 is 2.78 bits per heavy atom. The summed E-state index contributed by atoms with van der Waals surface area (Å²) in [5.74, 6) is -0.104. The molecule has 27 heavy (non-hydrogen) atoms. The van der Waals surface area contributed by atoms with Gasteiger partial charge in [0.25, 0.3) is 0 Å². The third-order valence-electron chi connectivity index (χ3n) is 4.20. The van der Waals surface area contributed by atoms with E-state index in [0.717, 1.165) is 5.56 Å². The lowest BCUT2D eigenvalue weighted by molar-refractivity contribution is -0.116. The number of nitrogens with one attached hydrogen (secondary N) is 2. The summed E-state index contributed by atoms with van der Waals surface area (Å²) < 4.78 is 16.5. The van der Waals surface area contributed by atoms with Crippen molar-refractivity contribution in [2.75, 3.05) is 10.7 Å². The minimum atomic E-state index is -0.549. The monoisotopic (exact) mass is 447 g/mol. The highest BCUT2D eigenvalue weighted by atomic mass is 79.9. The van der Waals surface area contributed by atoms with E-state index >= 15 is 0 Å². The minimum absolute atomic E-state index is 0.138. The first-order valence-corrected chi connectivity index (χ1v) is 9.86. The first-order valence-electron chi connectivity index (χ1n) is 8.19. The van der Waals surface area contributed by atoms with Gasteiger partial charge in [-0.1, -0.05) is 58.0 Å². The standard InChI is InChI=1S/C18H15BrFN5OS/c1-10-22-23-18-25(10)24-15(11-5-3-2-4-6-11)16(27-18)17(26)21-14-8-7-12(19)9-13(14)20/h2-9,15-16,24H,1H3,(H,21,26)/t15-,16+/m1/s1. The van der Waals surface area contributed by atoms with Crippen molar-refractivity contribution in [3.8, 4) is 0 Å². The van der Waals surface area contributed by atoms with Gasteiger partial charge in [-0.15, -0.1) is 10.2 Å². The van der Waals surface area contributed by atoms with Gasteiger partial charge < -0.3 is 10.7 Å². The number of carbonyl (C=O) groups excluding carboxylic acids is 1. The van der Waals surface area contributed by atoms with Crippen molar-refractivity contribution in [2.24, 2.45) is 0 Å². The summed E-state index contributed by atoms with van der Waals surface area (Å²) in [4.78, 5) is 13.0. The maximum absolute atomic E-state index is 14.1. The molecular weight excluding hydrogens is 433 g/mol. The molecule has 0 spiro atoms. The number of thioether (sulfide) groups is 1. The third-order valence-corrected chi connectivity index (χ3v) is 5.91. The fraction of sp³-hybridized carbons (Fsp3) is 0.167. The molecule has 6 nitrogen and oxygen atoms in total. The van der Waals surface area contributed by atoms with E-state index in [4.69, 9.17) is 0 Å². The fourth-order valence-electron chi connectivity index (χ4n) is 2.87. The van der Waals surface area contributed by atoms with Crippen LogP contribution in [-0.2, 0) is 4.79 Å². The summed E-state index contributed by atoms with van der Waals surface area (Å²) in [6.45, 7) is 1.84. The van der Waals surface area contributed by atoms with Gasteiger partial charge in [0.05, 0.1) is 11.7 Å². The Labute approximate surface area is 167 Å². The molecular formula is C18H15BrFN5OS. The molecule has 1 aliphatic heterocycles. The second-order valence-corrected chi connectivity index (χ2v) is 8.06. The molecule has 0 saturated heterocycles. The summed E-state index contributed by atoms with van der Waals surface area (Å²) >= 11 is 4.52. The molecule has 138 valence electrons. The Bertz CT molecular complexity index is 997. The number of amides is 1. The lowest BCUT2D eigenvalue weighted by Crippen LogP contribution is -2.41. The second-order valence-electron chi connectivity index (χ2n) is 6.03. The molecule has 0 bridgehead atoms. The van der Waals surface area contributed by atoms with Crippen molar-refractivity contribution in [1.29, 1.82) is 0 Å². The Morgan fingerprint density at radius 2 is 2.04 bits per heavy atom. The van der Waals surface area contributed by atoms with Crippen LogP contribution in [0.4, 0.5) is 10.1 Å². The van der Waals surface area contributed by atoms with Crippen LogP contribution in [0.2, 0.25) is 0 Å². The van der Waals surface area contributed by atoms with Gasteiger partial charge in [0.1, 0.15) is 16.9 Å². The van der Waals surface area contributed by atoms with E-state index in [1.165, 1.54) is 23.9 Å². The predicted octanol–water partition coefficient (Wildman–Crippen LogP) is 3.89. The molecule has 9 heteroatoms. The van der Waals surface area contributed by atoms with E-state index in [1.807, 2.05) is 37.3 Å². The number of hydrogen-bond acceptors (Lipinski definition) is 5. The predicted molar refractivity (Wildman–Crippen MR) is 106 cm³/mol. The van der Waals surface area contributed by atoms with E-state index in [2.05, 4.69) is 36.9 Å². The molecule has 1 aliphatic rings. The number of rotatable bonds is 3. The van der Waals surface area contributed by atoms with Crippen LogP contribution in [0.1, 0.15) is 17.4 Å². The second kappa shape index (κ2) is 7.32. The highest BCUT2D eigenvalue weighted by molar-refractivity contribution is 9.10. The molecule has 2 heterocycles. The normalized spacial score (nSPS) is 18.5. The van der Waals surface area contributed by atoms with Crippen molar-refractivity contribution in [3.63, 3.8) is 0 Å². The largest absolute Gasteiger partial charge is 0.323 e. The smallest absolute Gasteiger partial charge is 0.240 e. The van der Waals surface area contributed by atoms with Crippen LogP contribution in [0.5, 0.6) is 0 Å². The number of aryl methyl sites for hydroxylation is 1. The zero-order chi connectivity index (χ0) is 19.0. The van der Waals surface area contributed by atoms with Gasteiger partial charge >= 0.3 is 0 Å². The lowest BCUT2D eigenvalue weighted by Gasteiger charge is -2.32. The Morgan fingerprint density at radius 1 is 1.26 bits per heavy atom. The number of carbonyl (C=O) groups is 1. The van der Waals surface area contributed by atoms with Crippen LogP contribution in [0.25, 0.3) is 0 Å². The number of nitrogens with zero attached hydrogens (tertiary/aromatic N) is 3. The molecule has 0 aliphatic carbocycles. The van der Waals surface area contributed by atoms with Crippen LogP contribution in [0, 0.1) is 12.7 Å². The summed E-state index contributed by atoms with van der Waals surface area (Å²) in [7, 11) is 0. The average Bonchev–Trinajstić information content (AvgIpc) is 3.04. The number of hydrogen-bond donors (Lipinski definition) is 2. The maximum atomic E-state index is 14.1. The van der Waals surface area contributed by atoms with Crippen molar-refractivity contribution < 1.29 is 9.18 Å². The van der Waals surface area contributed by atoms with Crippen LogP contribution in [0.15, 0.2) is 58.2 Å². The van der Waals surface area contributed by atoms with E-state index < -0.39 is 11.1 Å². The van der Waals surface area contributed by atoms with Gasteiger partial charge in [-0.3, -0.25) is 4.79 Å². The van der Waals surface area contributed by atoms with Gasteiger partial charge in [-0.05, 0) is 30.7 Å². The van der Waals surface area contributed by atoms with E-state index in [1.54, 1.807) is 10.7 Å². The van der Waals surface area contributed by atoms with Crippen molar-refractivity contribution in [3.05, 3.63) is 70.2 Å². The van der Waals surface area contributed by atoms with Gasteiger partial charge in [0, 0.05) is 4.47 Å². The number of benzene rings is 2. The van der Waals surface area contributed by atoms with E-state index in [9.17, 15) is 9.18 Å². The topological polar surface area (TPSA) is 71.8 Å². The average molecular weight is 448 g/mol. The van der Waals surface area contributed by atoms with Crippen LogP contribution in [-0.4, -0.2) is 26.0 Å². The fourth-order valence-corrected chi connectivity index (χ4v) is 4.32. The molecule has 1 aromatic heterocycles. The molecule has 2 aromatic carbocycles. The van der Waals surface area contributed by atoms with E-state index in [-0.39, 0.29) is 17.6 Å². The number of halogens is 2. The molecule has 0 fully saturated rings. The van der Waals surface area contributed by atoms with Gasteiger partial charge in [0.15, 0.2) is 0 Å². The number of anilines is 1. The first-order chi connectivity index (χ1) is 13.0. The SMILES string of the molecule is Cc1nnc2n1N[C@H](c1ccccc1)[C@@H](C(=O)Nc1ccc(Br)cc1F)S2. The minimum Gasteiger partial charge on any atom is -0.323 e. The summed E-state index contributed by atoms with van der Waals surface area (Å²) in [6.07, 6.45) is 0. The van der Waals surface area contributed by atoms with Gasteiger partial charge in [-0.2, -0.15) is 0 Å². The molecule has 3 aromatic rings. The Balaban J connectivity index is 1.66. The highest BCUT2D eigenvalue weighted by Crippen LogP contribution is 2.37. The summed E-state index contributed by atoms with van der Waals surface area (Å²) in [5, 5.41) is 10.9. The third kappa shape index (κ3) is 3.57. The zero-order valence-electron chi connectivity index (χ0n) is 14.2. The Kier molecular flexibility index (Phi) is 4.88. The molecule has 0 saturated carbocycles. The first kappa shape index (κ1) is 18.0. The molecule has 2 atom stereocenters. The summed E-state index contributed by atoms with van der Waals surface area (Å²) in [5.41, 5.74) is 4.39. The molecule has 4 rings (SSSR count). The summed E-state index contributed by atoms with van der Waals surface area (Å²) in [6, 6.07) is 13.9. The number of aromatic nitrogens is 3. The highest BCUT2D eigenvalue weighted by Gasteiger charge is 2.37. The Hall–Kier alpha value is -2.39. The number of fused-ring (bicyclic) bond motifs is 1. The molecule has 0 radical (unpaired) electrons. The van der Waals surface area contributed by atoms with Gasteiger partial charge in [0.2, 0.25) is 11.1 Å². The van der Waals surface area contributed by atoms with Gasteiger partial charge in [-0.25, -0.2) is 9.07 Å². The molecule has 2 N–H and O–H groups in total. The van der Waals surface area contributed by atoms with E-state index in [0.29, 0.717) is 15.5 Å². The maximum Gasteiger partial charge on any atom is 0.240 e. The van der Waals surface area contributed by atoms with Crippen molar-refractivity contribution >= 4 is 39.3 Å². The van der Waals surface area contributed by atoms with Crippen LogP contribution >= 0.6 is 27.7 Å². The molecule has 1 amide bonds. The van der Waals surface area contributed by atoms with Crippen LogP contribution in [0.3, 0.4) is 0 Å². The zero-order valence-corrected chi connectivity index (χ0v) is 16.6. The van der Waals surface area contributed by atoms with Crippen molar-refractivity contribution in [2.45, 2.75) is 23.4 Å². The van der Waals surface area contributed by atoms with Crippen molar-refractivity contribution in [1.82, 2.24) is 14.9 Å². The lowest BCUT2D eigenvalue weighted by atomic mass is 10.0. The quantitative estimate of drug-likeness (QED) is 0.637. The van der Waals surface area contributed by atoms with Crippen LogP contribution < -0.4 is 10.7 Å². The molecule has 0 unspecified atom stereocenters.